The van der Waals surface area contributed by atoms with Gasteiger partial charge in [-0.1, -0.05) is 17.3 Å². The molecule has 2 aromatic heterocycles. The number of benzene rings is 1. The Morgan fingerprint density at radius 1 is 1.35 bits per heavy atom. The van der Waals surface area contributed by atoms with E-state index in [1.54, 1.807) is 6.92 Å². The quantitative estimate of drug-likeness (QED) is 0.651. The Labute approximate surface area is 114 Å². The summed E-state index contributed by atoms with van der Waals surface area (Å²) >= 11 is 0. The van der Waals surface area contributed by atoms with Gasteiger partial charge in [-0.2, -0.15) is 4.98 Å². The highest BCUT2D eigenvalue weighted by Gasteiger charge is 2.19. The van der Waals surface area contributed by atoms with Gasteiger partial charge in [-0.15, -0.1) is 0 Å². The first-order valence-corrected chi connectivity index (χ1v) is 6.33. The Morgan fingerprint density at radius 3 is 2.90 bits per heavy atom. The minimum absolute atomic E-state index is 0.228. The molecule has 0 aliphatic carbocycles. The lowest BCUT2D eigenvalue weighted by atomic mass is 10.2. The van der Waals surface area contributed by atoms with E-state index in [-0.39, 0.29) is 5.89 Å². The average molecular weight is 273 g/mol. The van der Waals surface area contributed by atoms with Crippen molar-refractivity contribution >= 4 is 11.0 Å². The number of aromatic nitrogens is 4. The molecule has 3 aromatic rings. The maximum Gasteiger partial charge on any atom is 0.246 e. The van der Waals surface area contributed by atoms with Crippen LogP contribution >= 0.6 is 0 Å². The van der Waals surface area contributed by atoms with Crippen LogP contribution in [-0.4, -0.2) is 31.3 Å². The van der Waals surface area contributed by atoms with E-state index in [0.717, 1.165) is 16.9 Å². The van der Waals surface area contributed by atoms with Crippen molar-refractivity contribution in [3.05, 3.63) is 41.8 Å². The van der Waals surface area contributed by atoms with Crippen LogP contribution in [0, 0.1) is 0 Å². The second-order valence-corrected chi connectivity index (χ2v) is 4.69. The molecule has 0 saturated carbocycles. The number of rotatable bonds is 4. The molecule has 7 nitrogen and oxygen atoms in total. The Bertz CT molecular complexity index is 685. The van der Waals surface area contributed by atoms with Crippen LogP contribution in [-0.2, 0) is 6.42 Å². The molecule has 4 N–H and O–H groups in total. The lowest BCUT2D eigenvalue weighted by Gasteiger charge is -2.08. The Morgan fingerprint density at radius 2 is 2.15 bits per heavy atom. The lowest BCUT2D eigenvalue weighted by Crippen LogP contribution is -2.23. The van der Waals surface area contributed by atoms with Gasteiger partial charge in [-0.05, 0) is 19.1 Å². The van der Waals surface area contributed by atoms with E-state index in [1.807, 2.05) is 24.3 Å². The summed E-state index contributed by atoms with van der Waals surface area (Å²) in [4.78, 5) is 11.8. The predicted octanol–water partition coefficient (Wildman–Crippen LogP) is 0.917. The molecule has 0 aliphatic heterocycles. The Hall–Kier alpha value is -2.25. The number of nitrogens with zero attached hydrogens (tertiary/aromatic N) is 3. The zero-order valence-electron chi connectivity index (χ0n) is 10.9. The van der Waals surface area contributed by atoms with Gasteiger partial charge in [0.25, 0.3) is 0 Å². The maximum absolute atomic E-state index is 9.40. The first-order chi connectivity index (χ1) is 9.63. The number of H-pyrrole nitrogens is 1. The Balaban J connectivity index is 1.81. The number of para-hydroxylation sites is 2. The summed E-state index contributed by atoms with van der Waals surface area (Å²) in [6.07, 6.45) is -0.320. The number of imidazole rings is 1. The molecule has 2 unspecified atom stereocenters. The van der Waals surface area contributed by atoms with Crippen molar-refractivity contribution in [3.63, 3.8) is 0 Å². The third-order valence-corrected chi connectivity index (χ3v) is 3.05. The van der Waals surface area contributed by atoms with Crippen LogP contribution in [0.2, 0.25) is 0 Å². The first kappa shape index (κ1) is 12.8. The molecule has 7 heteroatoms. The topological polar surface area (TPSA) is 114 Å². The van der Waals surface area contributed by atoms with Gasteiger partial charge in [-0.25, -0.2) is 4.98 Å². The highest BCUT2D eigenvalue weighted by atomic mass is 16.5. The van der Waals surface area contributed by atoms with Crippen molar-refractivity contribution in [2.24, 2.45) is 5.73 Å². The molecule has 0 spiro atoms. The number of aliphatic hydroxyl groups excluding tert-OH is 1. The highest BCUT2D eigenvalue weighted by Crippen LogP contribution is 2.15. The summed E-state index contributed by atoms with van der Waals surface area (Å²) in [5.74, 6) is 1.46. The van der Waals surface area contributed by atoms with Crippen LogP contribution < -0.4 is 5.73 Å². The van der Waals surface area contributed by atoms with Gasteiger partial charge < -0.3 is 20.3 Å². The molecule has 0 aliphatic rings. The molecule has 3 rings (SSSR count). The summed E-state index contributed by atoms with van der Waals surface area (Å²) in [7, 11) is 0. The second kappa shape index (κ2) is 5.03. The van der Waals surface area contributed by atoms with Gasteiger partial charge in [0.15, 0.2) is 5.82 Å². The number of aromatic amines is 1. The molecule has 0 bridgehead atoms. The first-order valence-electron chi connectivity index (χ1n) is 6.33. The van der Waals surface area contributed by atoms with Crippen LogP contribution in [0.1, 0.15) is 30.5 Å². The summed E-state index contributed by atoms with van der Waals surface area (Å²) in [5, 5.41) is 13.2. The molecule has 0 radical (unpaired) electrons. The number of nitrogens with two attached hydrogens (primary N) is 1. The minimum atomic E-state index is -0.741. The van der Waals surface area contributed by atoms with Crippen molar-refractivity contribution in [2.75, 3.05) is 0 Å². The fourth-order valence-corrected chi connectivity index (χ4v) is 1.92. The van der Waals surface area contributed by atoms with Crippen molar-refractivity contribution < 1.29 is 9.63 Å². The molecule has 2 heterocycles. The van der Waals surface area contributed by atoms with E-state index in [2.05, 4.69) is 20.1 Å². The van der Waals surface area contributed by atoms with Crippen molar-refractivity contribution in [2.45, 2.75) is 25.5 Å². The molecule has 0 fully saturated rings. The third-order valence-electron chi connectivity index (χ3n) is 3.05. The maximum atomic E-state index is 9.40. The number of fused-ring (bicyclic) bond motifs is 1. The van der Waals surface area contributed by atoms with Gasteiger partial charge in [-0.3, -0.25) is 0 Å². The highest BCUT2D eigenvalue weighted by molar-refractivity contribution is 5.74. The van der Waals surface area contributed by atoms with Gasteiger partial charge >= 0.3 is 0 Å². The molecule has 0 saturated heterocycles. The molecular formula is C13H15N5O2. The summed E-state index contributed by atoms with van der Waals surface area (Å²) in [5.41, 5.74) is 7.60. The number of hydrogen-bond acceptors (Lipinski definition) is 6. The van der Waals surface area contributed by atoms with Gasteiger partial charge in [0, 0.05) is 0 Å². The predicted molar refractivity (Wildman–Crippen MR) is 71.8 cm³/mol. The molecule has 20 heavy (non-hydrogen) atoms. The summed E-state index contributed by atoms with van der Waals surface area (Å²) in [6.45, 7) is 1.58. The Kier molecular flexibility index (Phi) is 3.21. The molecule has 1 aromatic carbocycles. The van der Waals surface area contributed by atoms with Gasteiger partial charge in [0.05, 0.1) is 23.6 Å². The third kappa shape index (κ3) is 2.40. The molecule has 2 atom stereocenters. The normalized spacial score (nSPS) is 14.6. The SMILES string of the molecule is CC(O)C(N)c1nc(Cc2nc3ccccc3[nH]2)no1. The molecule has 104 valence electrons. The van der Waals surface area contributed by atoms with Crippen LogP contribution in [0.15, 0.2) is 28.8 Å². The fourth-order valence-electron chi connectivity index (χ4n) is 1.92. The van der Waals surface area contributed by atoms with E-state index in [0.29, 0.717) is 12.2 Å². The van der Waals surface area contributed by atoms with Crippen LogP contribution in [0.3, 0.4) is 0 Å². The monoisotopic (exact) mass is 273 g/mol. The summed E-state index contributed by atoms with van der Waals surface area (Å²) in [6, 6.07) is 7.09. The molecule has 0 amide bonds. The summed E-state index contributed by atoms with van der Waals surface area (Å²) < 4.78 is 5.05. The second-order valence-electron chi connectivity index (χ2n) is 4.69. The smallest absolute Gasteiger partial charge is 0.246 e. The number of hydrogen-bond donors (Lipinski definition) is 3. The van der Waals surface area contributed by atoms with Crippen molar-refractivity contribution in [1.82, 2.24) is 20.1 Å². The zero-order valence-corrected chi connectivity index (χ0v) is 10.9. The van der Waals surface area contributed by atoms with E-state index in [4.69, 9.17) is 10.3 Å². The number of aliphatic hydroxyl groups is 1. The average Bonchev–Trinajstić information content (AvgIpc) is 3.03. The standard InChI is InChI=1S/C13H15N5O2/c1-7(19)12(14)13-17-11(18-20-13)6-10-15-8-4-2-3-5-9(8)16-10/h2-5,7,12,19H,6,14H2,1H3,(H,15,16). The van der Waals surface area contributed by atoms with Crippen molar-refractivity contribution in [1.29, 1.82) is 0 Å². The van der Waals surface area contributed by atoms with Crippen molar-refractivity contribution in [3.8, 4) is 0 Å². The lowest BCUT2D eigenvalue weighted by molar-refractivity contribution is 0.146. The minimum Gasteiger partial charge on any atom is -0.391 e. The van der Waals surface area contributed by atoms with Crippen LogP contribution in [0.4, 0.5) is 0 Å². The van der Waals surface area contributed by atoms with E-state index in [9.17, 15) is 5.11 Å². The van der Waals surface area contributed by atoms with Gasteiger partial charge in [0.1, 0.15) is 11.9 Å². The van der Waals surface area contributed by atoms with Gasteiger partial charge in [0.2, 0.25) is 5.89 Å². The van der Waals surface area contributed by atoms with Crippen LogP contribution in [0.25, 0.3) is 11.0 Å². The largest absolute Gasteiger partial charge is 0.391 e. The molecular weight excluding hydrogens is 258 g/mol. The number of nitrogens with one attached hydrogen (secondary N) is 1. The van der Waals surface area contributed by atoms with E-state index in [1.165, 1.54) is 0 Å². The van der Waals surface area contributed by atoms with E-state index >= 15 is 0 Å². The van der Waals surface area contributed by atoms with Crippen LogP contribution in [0.5, 0.6) is 0 Å². The van der Waals surface area contributed by atoms with E-state index < -0.39 is 12.1 Å². The zero-order chi connectivity index (χ0) is 14.1. The fraction of sp³-hybridized carbons (Fsp3) is 0.308.